The van der Waals surface area contributed by atoms with E-state index in [-0.39, 0.29) is 24.4 Å². The highest BCUT2D eigenvalue weighted by Crippen LogP contribution is 2.23. The maximum absolute atomic E-state index is 12.1. The molecule has 2 rings (SSSR count). The second-order valence-corrected chi connectivity index (χ2v) is 5.25. The van der Waals surface area contributed by atoms with E-state index in [0.29, 0.717) is 6.42 Å². The van der Waals surface area contributed by atoms with Gasteiger partial charge in [-0.2, -0.15) is 0 Å². The predicted octanol–water partition coefficient (Wildman–Crippen LogP) is 0.376. The Morgan fingerprint density at radius 1 is 1.50 bits per heavy atom. The van der Waals surface area contributed by atoms with Crippen LogP contribution in [0.2, 0.25) is 0 Å². The van der Waals surface area contributed by atoms with Crippen LogP contribution in [0.1, 0.15) is 39.5 Å². The van der Waals surface area contributed by atoms with Crippen LogP contribution in [0.25, 0.3) is 0 Å². The van der Waals surface area contributed by atoms with Crippen molar-refractivity contribution < 1.29 is 14.4 Å². The lowest BCUT2D eigenvalue weighted by Gasteiger charge is -2.20. The van der Waals surface area contributed by atoms with Crippen molar-refractivity contribution in [2.24, 2.45) is 0 Å². The molecule has 1 heterocycles. The third kappa shape index (κ3) is 2.47. The Bertz CT molecular complexity index is 392. The van der Waals surface area contributed by atoms with Gasteiger partial charge in [0.2, 0.25) is 5.91 Å². The number of carbonyl (C=O) groups is 3. The third-order valence-electron chi connectivity index (χ3n) is 3.34. The Balaban J connectivity index is 1.97. The fraction of sp³-hybridized carbons (Fsp3) is 0.750. The molecule has 0 aromatic carbocycles. The zero-order valence-electron chi connectivity index (χ0n) is 10.8. The summed E-state index contributed by atoms with van der Waals surface area (Å²) in [5.41, 5.74) is -0.855. The molecule has 0 bridgehead atoms. The summed E-state index contributed by atoms with van der Waals surface area (Å²) >= 11 is 0. The topological polar surface area (TPSA) is 78.5 Å². The molecular formula is C12H19N3O3. The van der Waals surface area contributed by atoms with Crippen LogP contribution in [0.15, 0.2) is 0 Å². The highest BCUT2D eigenvalue weighted by atomic mass is 16.2. The smallest absolute Gasteiger partial charge is 0.325 e. The molecule has 0 radical (unpaired) electrons. The number of amides is 4. The van der Waals surface area contributed by atoms with Crippen LogP contribution in [0, 0.1) is 0 Å². The lowest BCUT2D eigenvalue weighted by molar-refractivity contribution is -0.134. The number of urea groups is 1. The summed E-state index contributed by atoms with van der Waals surface area (Å²) in [7, 11) is 0. The molecule has 2 aliphatic rings. The Labute approximate surface area is 106 Å². The monoisotopic (exact) mass is 253 g/mol. The van der Waals surface area contributed by atoms with Crippen LogP contribution in [0.5, 0.6) is 0 Å². The van der Waals surface area contributed by atoms with Gasteiger partial charge in [-0.15, -0.1) is 0 Å². The molecule has 0 spiro atoms. The zero-order valence-corrected chi connectivity index (χ0v) is 10.8. The van der Waals surface area contributed by atoms with Gasteiger partial charge < -0.3 is 10.6 Å². The van der Waals surface area contributed by atoms with Crippen molar-refractivity contribution in [3.8, 4) is 0 Å². The van der Waals surface area contributed by atoms with Crippen molar-refractivity contribution in [3.63, 3.8) is 0 Å². The average molecular weight is 253 g/mol. The number of hydrogen-bond donors (Lipinski definition) is 2. The quantitative estimate of drug-likeness (QED) is 0.695. The molecule has 18 heavy (non-hydrogen) atoms. The van der Waals surface area contributed by atoms with E-state index in [9.17, 15) is 14.4 Å². The van der Waals surface area contributed by atoms with Gasteiger partial charge in [-0.1, -0.05) is 13.3 Å². The fourth-order valence-electron chi connectivity index (χ4n) is 2.20. The van der Waals surface area contributed by atoms with E-state index in [4.69, 9.17) is 0 Å². The van der Waals surface area contributed by atoms with E-state index >= 15 is 0 Å². The van der Waals surface area contributed by atoms with Crippen LogP contribution in [-0.2, 0) is 9.59 Å². The molecule has 1 saturated heterocycles. The van der Waals surface area contributed by atoms with Crippen LogP contribution >= 0.6 is 0 Å². The molecule has 1 saturated carbocycles. The van der Waals surface area contributed by atoms with Crippen LogP contribution in [0.4, 0.5) is 4.79 Å². The molecule has 2 fully saturated rings. The predicted molar refractivity (Wildman–Crippen MR) is 64.7 cm³/mol. The third-order valence-corrected chi connectivity index (χ3v) is 3.34. The van der Waals surface area contributed by atoms with Gasteiger partial charge in [0.25, 0.3) is 5.91 Å². The van der Waals surface area contributed by atoms with E-state index in [0.717, 1.165) is 24.2 Å². The molecule has 4 amide bonds. The minimum atomic E-state index is -0.855. The first kappa shape index (κ1) is 12.9. The van der Waals surface area contributed by atoms with Gasteiger partial charge in [0, 0.05) is 6.04 Å². The van der Waals surface area contributed by atoms with Gasteiger partial charge >= 0.3 is 6.03 Å². The van der Waals surface area contributed by atoms with Crippen molar-refractivity contribution in [2.45, 2.75) is 51.1 Å². The number of hydrogen-bond acceptors (Lipinski definition) is 3. The van der Waals surface area contributed by atoms with Crippen molar-refractivity contribution in [1.29, 1.82) is 0 Å². The van der Waals surface area contributed by atoms with Crippen molar-refractivity contribution in [1.82, 2.24) is 15.5 Å². The lowest BCUT2D eigenvalue weighted by atomic mass is 9.96. The summed E-state index contributed by atoms with van der Waals surface area (Å²) in [6.45, 7) is 3.48. The number of nitrogens with zero attached hydrogens (tertiary/aromatic N) is 1. The standard InChI is InChI=1S/C12H19N3O3/c1-3-6-12(2)10(17)15(11(18)14-12)7-9(16)13-8-4-5-8/h8H,3-7H2,1-2H3,(H,13,16)(H,14,18)/t12-/m0/s1. The average Bonchev–Trinajstić information content (AvgIpc) is 3.05. The second kappa shape index (κ2) is 4.59. The lowest BCUT2D eigenvalue weighted by Crippen LogP contribution is -2.45. The first-order valence-electron chi connectivity index (χ1n) is 6.40. The molecular weight excluding hydrogens is 234 g/mol. The Morgan fingerprint density at radius 3 is 2.72 bits per heavy atom. The highest BCUT2D eigenvalue weighted by Gasteiger charge is 2.47. The SMILES string of the molecule is CCC[C@]1(C)NC(=O)N(CC(=O)NC2CC2)C1=O. The van der Waals surface area contributed by atoms with E-state index in [2.05, 4.69) is 10.6 Å². The number of imide groups is 1. The summed E-state index contributed by atoms with van der Waals surface area (Å²) in [4.78, 5) is 36.5. The maximum atomic E-state index is 12.1. The zero-order chi connectivity index (χ0) is 13.3. The molecule has 0 aromatic heterocycles. The minimum Gasteiger partial charge on any atom is -0.352 e. The molecule has 6 nitrogen and oxygen atoms in total. The maximum Gasteiger partial charge on any atom is 0.325 e. The molecule has 0 unspecified atom stereocenters. The first-order chi connectivity index (χ1) is 8.46. The van der Waals surface area contributed by atoms with Gasteiger partial charge in [0.05, 0.1) is 0 Å². The number of carbonyl (C=O) groups excluding carboxylic acids is 3. The van der Waals surface area contributed by atoms with Gasteiger partial charge in [-0.25, -0.2) is 4.79 Å². The molecule has 6 heteroatoms. The largest absolute Gasteiger partial charge is 0.352 e. The number of rotatable bonds is 5. The van der Waals surface area contributed by atoms with Gasteiger partial charge in [-0.3, -0.25) is 14.5 Å². The van der Waals surface area contributed by atoms with E-state index in [1.807, 2.05) is 6.92 Å². The van der Waals surface area contributed by atoms with Crippen molar-refractivity contribution in [3.05, 3.63) is 0 Å². The van der Waals surface area contributed by atoms with E-state index in [1.165, 1.54) is 0 Å². The Morgan fingerprint density at radius 2 is 2.17 bits per heavy atom. The van der Waals surface area contributed by atoms with E-state index < -0.39 is 11.6 Å². The number of nitrogens with one attached hydrogen (secondary N) is 2. The Kier molecular flexibility index (Phi) is 3.28. The molecule has 2 N–H and O–H groups in total. The summed E-state index contributed by atoms with van der Waals surface area (Å²) < 4.78 is 0. The van der Waals surface area contributed by atoms with Crippen molar-refractivity contribution in [2.75, 3.05) is 6.54 Å². The van der Waals surface area contributed by atoms with E-state index in [1.54, 1.807) is 6.92 Å². The summed E-state index contributed by atoms with van der Waals surface area (Å²) in [5, 5.41) is 5.43. The second-order valence-electron chi connectivity index (χ2n) is 5.25. The fourth-order valence-corrected chi connectivity index (χ4v) is 2.20. The summed E-state index contributed by atoms with van der Waals surface area (Å²) in [6.07, 6.45) is 3.35. The Hall–Kier alpha value is -1.59. The highest BCUT2D eigenvalue weighted by molar-refractivity contribution is 6.08. The van der Waals surface area contributed by atoms with Crippen LogP contribution in [-0.4, -0.2) is 40.9 Å². The summed E-state index contributed by atoms with van der Waals surface area (Å²) in [5.74, 6) is -0.568. The van der Waals surface area contributed by atoms with Crippen LogP contribution < -0.4 is 10.6 Å². The molecule has 1 aliphatic heterocycles. The van der Waals surface area contributed by atoms with Gasteiger partial charge in [0.15, 0.2) is 0 Å². The molecule has 1 aliphatic carbocycles. The van der Waals surface area contributed by atoms with Crippen LogP contribution in [0.3, 0.4) is 0 Å². The van der Waals surface area contributed by atoms with Gasteiger partial charge in [0.1, 0.15) is 12.1 Å². The first-order valence-corrected chi connectivity index (χ1v) is 6.40. The molecule has 0 aromatic rings. The molecule has 1 atom stereocenters. The summed E-state index contributed by atoms with van der Waals surface area (Å²) in [6, 6.07) is -0.234. The normalized spacial score (nSPS) is 27.3. The minimum absolute atomic E-state index is 0.180. The van der Waals surface area contributed by atoms with Crippen molar-refractivity contribution >= 4 is 17.8 Å². The molecule has 100 valence electrons. The van der Waals surface area contributed by atoms with Gasteiger partial charge in [-0.05, 0) is 26.2 Å².